The molecule has 0 aliphatic heterocycles. The molecule has 1 heterocycles. The third-order valence-corrected chi connectivity index (χ3v) is 3.42. The summed E-state index contributed by atoms with van der Waals surface area (Å²) in [5, 5.41) is 23.1. The minimum absolute atomic E-state index is 0.0762. The van der Waals surface area contributed by atoms with Gasteiger partial charge in [0.2, 0.25) is 5.13 Å². The van der Waals surface area contributed by atoms with Crippen molar-refractivity contribution in [1.82, 2.24) is 10.2 Å². The van der Waals surface area contributed by atoms with E-state index in [-0.39, 0.29) is 17.3 Å². The number of hydrogen-bond acceptors (Lipinski definition) is 7. The molecule has 1 aromatic carbocycles. The zero-order chi connectivity index (χ0) is 14.5. The minimum atomic E-state index is -0.511. The summed E-state index contributed by atoms with van der Waals surface area (Å²) in [4.78, 5) is 10.1. The van der Waals surface area contributed by atoms with Crippen molar-refractivity contribution < 1.29 is 9.66 Å². The number of nitro groups is 1. The van der Waals surface area contributed by atoms with Gasteiger partial charge in [-0.05, 0) is 13.0 Å². The maximum Gasteiger partial charge on any atom is 0.271 e. The summed E-state index contributed by atoms with van der Waals surface area (Å²) in [6.07, 6.45) is 0. The number of anilines is 1. The molecule has 0 saturated carbocycles. The fourth-order valence-electron chi connectivity index (χ4n) is 1.39. The van der Waals surface area contributed by atoms with Crippen molar-refractivity contribution in [2.45, 2.75) is 13.5 Å². The molecule has 0 aliphatic carbocycles. The van der Waals surface area contributed by atoms with Crippen molar-refractivity contribution in [3.05, 3.63) is 38.3 Å². The van der Waals surface area contributed by atoms with Crippen LogP contribution in [-0.2, 0) is 6.61 Å². The molecule has 1 N–H and O–H groups in total. The van der Waals surface area contributed by atoms with Gasteiger partial charge >= 0.3 is 0 Å². The van der Waals surface area contributed by atoms with E-state index in [2.05, 4.69) is 15.5 Å². The number of nitrogens with zero attached hydrogens (tertiary/aromatic N) is 3. The van der Waals surface area contributed by atoms with Gasteiger partial charge in [-0.1, -0.05) is 22.9 Å². The molecule has 9 heteroatoms. The number of halogens is 1. The Hall–Kier alpha value is -1.93. The zero-order valence-corrected chi connectivity index (χ0v) is 12.1. The molecule has 0 bridgehead atoms. The van der Waals surface area contributed by atoms with Gasteiger partial charge in [0.25, 0.3) is 5.69 Å². The van der Waals surface area contributed by atoms with Gasteiger partial charge in [0, 0.05) is 18.7 Å². The van der Waals surface area contributed by atoms with E-state index >= 15 is 0 Å². The lowest BCUT2D eigenvalue weighted by Crippen LogP contribution is -1.96. The number of aromatic nitrogens is 2. The SMILES string of the molecule is CCNc1nnc(COc2ccc([N+](=O)[O-])cc2Cl)s1. The lowest BCUT2D eigenvalue weighted by molar-refractivity contribution is -0.384. The van der Waals surface area contributed by atoms with E-state index in [1.54, 1.807) is 0 Å². The summed E-state index contributed by atoms with van der Waals surface area (Å²) < 4.78 is 5.47. The van der Waals surface area contributed by atoms with Crippen LogP contribution in [-0.4, -0.2) is 21.7 Å². The molecule has 0 spiro atoms. The van der Waals surface area contributed by atoms with Gasteiger partial charge in [0.15, 0.2) is 5.01 Å². The smallest absolute Gasteiger partial charge is 0.271 e. The van der Waals surface area contributed by atoms with Crippen LogP contribution < -0.4 is 10.1 Å². The highest BCUT2D eigenvalue weighted by atomic mass is 35.5. The van der Waals surface area contributed by atoms with Crippen molar-refractivity contribution in [3.8, 4) is 5.75 Å². The lowest BCUT2D eigenvalue weighted by atomic mass is 10.3. The Labute approximate surface area is 123 Å². The third-order valence-electron chi connectivity index (χ3n) is 2.27. The molecule has 0 aliphatic rings. The van der Waals surface area contributed by atoms with Gasteiger partial charge in [-0.25, -0.2) is 0 Å². The average Bonchev–Trinajstić information content (AvgIpc) is 2.85. The summed E-state index contributed by atoms with van der Waals surface area (Å²) >= 11 is 7.30. The maximum atomic E-state index is 10.6. The van der Waals surface area contributed by atoms with Crippen molar-refractivity contribution in [3.63, 3.8) is 0 Å². The predicted molar refractivity (Wildman–Crippen MR) is 76.5 cm³/mol. The second-order valence-electron chi connectivity index (χ2n) is 3.69. The molecular formula is C11H11ClN4O3S. The number of hydrogen-bond donors (Lipinski definition) is 1. The first-order chi connectivity index (χ1) is 9.60. The molecule has 0 radical (unpaired) electrons. The molecule has 0 saturated heterocycles. The minimum Gasteiger partial charge on any atom is -0.485 e. The number of benzene rings is 1. The molecule has 1 aromatic heterocycles. The van der Waals surface area contributed by atoms with Crippen molar-refractivity contribution >= 4 is 33.8 Å². The number of non-ortho nitro benzene ring substituents is 1. The third kappa shape index (κ3) is 3.55. The first-order valence-electron chi connectivity index (χ1n) is 5.73. The van der Waals surface area contributed by atoms with Gasteiger partial charge < -0.3 is 10.1 Å². The zero-order valence-electron chi connectivity index (χ0n) is 10.5. The number of nitrogens with one attached hydrogen (secondary N) is 1. The number of ether oxygens (including phenoxy) is 1. The van der Waals surface area contributed by atoms with Crippen LogP contribution in [0.25, 0.3) is 0 Å². The van der Waals surface area contributed by atoms with Gasteiger partial charge in [-0.3, -0.25) is 10.1 Å². The predicted octanol–water partition coefficient (Wildman–Crippen LogP) is 3.11. The van der Waals surface area contributed by atoms with E-state index in [9.17, 15) is 10.1 Å². The quantitative estimate of drug-likeness (QED) is 0.650. The Bertz CT molecular complexity index is 619. The second kappa shape index (κ2) is 6.49. The molecule has 20 heavy (non-hydrogen) atoms. The van der Waals surface area contributed by atoms with Crippen molar-refractivity contribution in [2.24, 2.45) is 0 Å². The molecule has 0 amide bonds. The molecule has 0 atom stereocenters. The molecule has 7 nitrogen and oxygen atoms in total. The molecule has 0 fully saturated rings. The van der Waals surface area contributed by atoms with Crippen LogP contribution in [0.15, 0.2) is 18.2 Å². The second-order valence-corrected chi connectivity index (χ2v) is 5.16. The highest BCUT2D eigenvalue weighted by Crippen LogP contribution is 2.29. The Morgan fingerprint density at radius 1 is 1.50 bits per heavy atom. The first-order valence-corrected chi connectivity index (χ1v) is 6.92. The molecule has 2 rings (SSSR count). The van der Waals surface area contributed by atoms with Gasteiger partial charge in [-0.15, -0.1) is 10.2 Å². The Morgan fingerprint density at radius 2 is 2.30 bits per heavy atom. The standard InChI is InChI=1S/C11H11ClN4O3S/c1-2-13-11-15-14-10(20-11)6-19-9-4-3-7(16(17)18)5-8(9)12/h3-5H,2,6H2,1H3,(H,13,15). The van der Waals surface area contributed by atoms with Crippen molar-refractivity contribution in [2.75, 3.05) is 11.9 Å². The Balaban J connectivity index is 2.01. The fraction of sp³-hybridized carbons (Fsp3) is 0.273. The van der Waals surface area contributed by atoms with E-state index in [4.69, 9.17) is 16.3 Å². The average molecular weight is 315 g/mol. The van der Waals surface area contributed by atoms with Crippen LogP contribution in [0.2, 0.25) is 5.02 Å². The van der Waals surface area contributed by atoms with Gasteiger partial charge in [-0.2, -0.15) is 0 Å². The Morgan fingerprint density at radius 3 is 2.95 bits per heavy atom. The summed E-state index contributed by atoms with van der Waals surface area (Å²) in [7, 11) is 0. The molecule has 0 unspecified atom stereocenters. The van der Waals surface area contributed by atoms with E-state index in [0.717, 1.165) is 11.7 Å². The topological polar surface area (TPSA) is 90.2 Å². The van der Waals surface area contributed by atoms with Crippen LogP contribution in [0.5, 0.6) is 5.75 Å². The van der Waals surface area contributed by atoms with Gasteiger partial charge in [0.1, 0.15) is 12.4 Å². The van der Waals surface area contributed by atoms with Crippen molar-refractivity contribution in [1.29, 1.82) is 0 Å². The van der Waals surface area contributed by atoms with Gasteiger partial charge in [0.05, 0.1) is 9.95 Å². The lowest BCUT2D eigenvalue weighted by Gasteiger charge is -2.05. The largest absolute Gasteiger partial charge is 0.485 e. The fourth-order valence-corrected chi connectivity index (χ4v) is 2.34. The summed E-state index contributed by atoms with van der Waals surface area (Å²) in [6, 6.07) is 4.05. The normalized spacial score (nSPS) is 10.3. The van der Waals surface area contributed by atoms with E-state index in [0.29, 0.717) is 10.8 Å². The van der Waals surface area contributed by atoms with Crippen LogP contribution >= 0.6 is 22.9 Å². The summed E-state index contributed by atoms with van der Waals surface area (Å²) in [6.45, 7) is 2.94. The molecule has 2 aromatic rings. The monoisotopic (exact) mass is 314 g/mol. The van der Waals surface area contributed by atoms with Crippen LogP contribution in [0.4, 0.5) is 10.8 Å². The number of rotatable bonds is 6. The highest BCUT2D eigenvalue weighted by Gasteiger charge is 2.11. The maximum absolute atomic E-state index is 10.6. The Kier molecular flexibility index (Phi) is 4.70. The van der Waals surface area contributed by atoms with E-state index < -0.39 is 4.92 Å². The molecule has 106 valence electrons. The van der Waals surface area contributed by atoms with E-state index in [1.165, 1.54) is 29.5 Å². The highest BCUT2D eigenvalue weighted by molar-refractivity contribution is 7.15. The first kappa shape index (κ1) is 14.5. The van der Waals surface area contributed by atoms with Crippen LogP contribution in [0.1, 0.15) is 11.9 Å². The summed E-state index contributed by atoms with van der Waals surface area (Å²) in [5.74, 6) is 0.373. The molecular weight excluding hydrogens is 304 g/mol. The van der Waals surface area contributed by atoms with E-state index in [1.807, 2.05) is 6.92 Å². The van der Waals surface area contributed by atoms with Crippen LogP contribution in [0, 0.1) is 10.1 Å². The summed E-state index contributed by atoms with van der Waals surface area (Å²) in [5.41, 5.74) is -0.0762. The number of nitro benzene ring substituents is 1. The van der Waals surface area contributed by atoms with Crippen LogP contribution in [0.3, 0.4) is 0 Å².